The number of para-hydroxylation sites is 1. The lowest BCUT2D eigenvalue weighted by atomic mass is 10.0. The number of aromatic nitrogens is 2. The fourth-order valence-corrected chi connectivity index (χ4v) is 3.53. The zero-order chi connectivity index (χ0) is 20.8. The van der Waals surface area contributed by atoms with E-state index in [0.717, 1.165) is 5.56 Å². The molecule has 0 saturated carbocycles. The van der Waals surface area contributed by atoms with Crippen LogP contribution in [0.4, 0.5) is 0 Å². The molecule has 0 atom stereocenters. The Morgan fingerprint density at radius 2 is 1.69 bits per heavy atom. The Kier molecular flexibility index (Phi) is 6.83. The molecule has 0 amide bonds. The molecule has 0 aliphatic heterocycles. The predicted octanol–water partition coefficient (Wildman–Crippen LogP) is 3.59. The number of nitrogens with zero attached hydrogens (tertiary/aromatic N) is 2. The fourth-order valence-electron chi connectivity index (χ4n) is 3.53. The Morgan fingerprint density at radius 1 is 1.00 bits per heavy atom. The molecule has 152 valence electrons. The molecule has 0 unspecified atom stereocenters. The molecule has 3 rings (SSSR count). The van der Waals surface area contributed by atoms with Gasteiger partial charge in [-0.05, 0) is 36.5 Å². The van der Waals surface area contributed by atoms with Gasteiger partial charge in [-0.2, -0.15) is 0 Å². The molecule has 0 aliphatic carbocycles. The molecule has 5 heteroatoms. The second-order valence-corrected chi connectivity index (χ2v) is 7.64. The number of phenolic OH excluding ortho intramolecular Hbond substituents is 1. The fraction of sp³-hybridized carbons (Fsp3) is 0.333. The Bertz CT molecular complexity index is 1010. The summed E-state index contributed by atoms with van der Waals surface area (Å²) >= 11 is 0. The maximum Gasteiger partial charge on any atom is 0.257 e. The summed E-state index contributed by atoms with van der Waals surface area (Å²) in [7, 11) is 0. The monoisotopic (exact) mass is 392 g/mol. The summed E-state index contributed by atoms with van der Waals surface area (Å²) in [6.45, 7) is 4.51. The molecule has 0 aliphatic rings. The lowest BCUT2D eigenvalue weighted by Crippen LogP contribution is -2.30. The predicted molar refractivity (Wildman–Crippen MR) is 115 cm³/mol. The standard InChI is InChI=1S/C24H28N2O3/c1-17(2)16-20-21(13-15-27)25-23(19-10-6-7-11-22(19)28)26(24(20)29)14-12-18-8-4-3-5-9-18/h3-11,17,27-28H,12-16H2,1-2H3. The van der Waals surface area contributed by atoms with Crippen LogP contribution in [-0.2, 0) is 25.8 Å². The van der Waals surface area contributed by atoms with Crippen LogP contribution in [0.25, 0.3) is 11.4 Å². The topological polar surface area (TPSA) is 75.4 Å². The number of benzene rings is 2. The maximum atomic E-state index is 13.5. The van der Waals surface area contributed by atoms with E-state index in [9.17, 15) is 15.0 Å². The third kappa shape index (κ3) is 4.93. The molecule has 1 heterocycles. The maximum absolute atomic E-state index is 13.5. The molecule has 0 radical (unpaired) electrons. The van der Waals surface area contributed by atoms with Crippen LogP contribution < -0.4 is 5.56 Å². The van der Waals surface area contributed by atoms with Gasteiger partial charge in [0.05, 0.1) is 11.3 Å². The van der Waals surface area contributed by atoms with E-state index >= 15 is 0 Å². The van der Waals surface area contributed by atoms with Gasteiger partial charge in [0.15, 0.2) is 0 Å². The summed E-state index contributed by atoms with van der Waals surface area (Å²) in [6.07, 6.45) is 1.61. The van der Waals surface area contributed by atoms with E-state index in [2.05, 4.69) is 13.8 Å². The Hall–Kier alpha value is -2.92. The average molecular weight is 392 g/mol. The minimum atomic E-state index is -0.0914. The minimum absolute atomic E-state index is 0.0776. The van der Waals surface area contributed by atoms with Crippen molar-refractivity contribution in [1.82, 2.24) is 9.55 Å². The van der Waals surface area contributed by atoms with E-state index in [1.807, 2.05) is 36.4 Å². The molecule has 0 spiro atoms. The van der Waals surface area contributed by atoms with Crippen molar-refractivity contribution in [1.29, 1.82) is 0 Å². The molecule has 2 N–H and O–H groups in total. The van der Waals surface area contributed by atoms with Crippen LogP contribution in [0, 0.1) is 5.92 Å². The van der Waals surface area contributed by atoms with Crippen LogP contribution in [0.3, 0.4) is 0 Å². The van der Waals surface area contributed by atoms with Crippen molar-refractivity contribution in [3.8, 4) is 17.1 Å². The third-order valence-corrected chi connectivity index (χ3v) is 4.92. The smallest absolute Gasteiger partial charge is 0.257 e. The number of hydrogen-bond donors (Lipinski definition) is 2. The molecule has 1 aromatic heterocycles. The first-order valence-corrected chi connectivity index (χ1v) is 10.1. The first kappa shape index (κ1) is 20.8. The van der Waals surface area contributed by atoms with Crippen molar-refractivity contribution >= 4 is 0 Å². The van der Waals surface area contributed by atoms with E-state index in [1.54, 1.807) is 22.8 Å². The van der Waals surface area contributed by atoms with Gasteiger partial charge in [0.25, 0.3) is 5.56 Å². The highest BCUT2D eigenvalue weighted by Crippen LogP contribution is 2.27. The average Bonchev–Trinajstić information content (AvgIpc) is 2.71. The zero-order valence-electron chi connectivity index (χ0n) is 17.0. The second-order valence-electron chi connectivity index (χ2n) is 7.64. The van der Waals surface area contributed by atoms with Crippen LogP contribution in [0.1, 0.15) is 30.7 Å². The van der Waals surface area contributed by atoms with Crippen molar-refractivity contribution in [3.05, 3.63) is 81.8 Å². The van der Waals surface area contributed by atoms with Gasteiger partial charge in [0.1, 0.15) is 11.6 Å². The summed E-state index contributed by atoms with van der Waals surface area (Å²) in [4.78, 5) is 18.2. The number of aliphatic hydroxyl groups excluding tert-OH is 1. The van der Waals surface area contributed by atoms with Crippen LogP contribution in [0.2, 0.25) is 0 Å². The van der Waals surface area contributed by atoms with Gasteiger partial charge in [-0.1, -0.05) is 56.3 Å². The molecule has 2 aromatic carbocycles. The number of aliphatic hydroxyl groups is 1. The molecule has 29 heavy (non-hydrogen) atoms. The molecule has 0 saturated heterocycles. The van der Waals surface area contributed by atoms with Gasteiger partial charge in [-0.3, -0.25) is 9.36 Å². The Labute approximate surface area is 171 Å². The number of aromatic hydroxyl groups is 1. The molecule has 5 nitrogen and oxygen atoms in total. The van der Waals surface area contributed by atoms with Gasteiger partial charge in [-0.15, -0.1) is 0 Å². The Balaban J connectivity index is 2.15. The van der Waals surface area contributed by atoms with Gasteiger partial charge < -0.3 is 10.2 Å². The number of aryl methyl sites for hydroxylation is 1. The first-order valence-electron chi connectivity index (χ1n) is 10.1. The second kappa shape index (κ2) is 9.52. The lowest BCUT2D eigenvalue weighted by Gasteiger charge is -2.18. The van der Waals surface area contributed by atoms with Gasteiger partial charge in [0.2, 0.25) is 0 Å². The van der Waals surface area contributed by atoms with Crippen LogP contribution >= 0.6 is 0 Å². The van der Waals surface area contributed by atoms with Crippen molar-refractivity contribution in [3.63, 3.8) is 0 Å². The molecule has 0 bridgehead atoms. The quantitative estimate of drug-likeness (QED) is 0.614. The SMILES string of the molecule is CC(C)Cc1c(CCO)nc(-c2ccccc2O)n(CCc2ccccc2)c1=O. The van der Waals surface area contributed by atoms with E-state index in [4.69, 9.17) is 4.98 Å². The molecule has 0 fully saturated rings. The van der Waals surface area contributed by atoms with Crippen molar-refractivity contribution in [2.45, 2.75) is 39.7 Å². The van der Waals surface area contributed by atoms with E-state index in [1.165, 1.54) is 0 Å². The lowest BCUT2D eigenvalue weighted by molar-refractivity contribution is 0.297. The highest BCUT2D eigenvalue weighted by Gasteiger charge is 2.20. The summed E-state index contributed by atoms with van der Waals surface area (Å²) in [5.74, 6) is 0.819. The van der Waals surface area contributed by atoms with Crippen molar-refractivity contribution < 1.29 is 10.2 Å². The normalized spacial score (nSPS) is 11.2. The van der Waals surface area contributed by atoms with E-state index in [-0.39, 0.29) is 17.9 Å². The van der Waals surface area contributed by atoms with Crippen LogP contribution in [-0.4, -0.2) is 26.4 Å². The third-order valence-electron chi connectivity index (χ3n) is 4.92. The van der Waals surface area contributed by atoms with Gasteiger partial charge >= 0.3 is 0 Å². The highest BCUT2D eigenvalue weighted by molar-refractivity contribution is 5.64. The van der Waals surface area contributed by atoms with Crippen molar-refractivity contribution in [2.24, 2.45) is 5.92 Å². The van der Waals surface area contributed by atoms with Crippen LogP contribution in [0.5, 0.6) is 5.75 Å². The number of phenols is 1. The molecular formula is C24H28N2O3. The zero-order valence-corrected chi connectivity index (χ0v) is 17.0. The summed E-state index contributed by atoms with van der Waals surface area (Å²) in [5, 5.41) is 19.9. The van der Waals surface area contributed by atoms with Gasteiger partial charge in [-0.25, -0.2) is 4.98 Å². The highest BCUT2D eigenvalue weighted by atomic mass is 16.3. The van der Waals surface area contributed by atoms with Crippen molar-refractivity contribution in [2.75, 3.05) is 6.61 Å². The van der Waals surface area contributed by atoms with E-state index in [0.29, 0.717) is 54.4 Å². The Morgan fingerprint density at radius 3 is 2.34 bits per heavy atom. The first-order chi connectivity index (χ1) is 14.0. The summed E-state index contributed by atoms with van der Waals surface area (Å²) in [6, 6.07) is 16.9. The largest absolute Gasteiger partial charge is 0.507 e. The molecular weight excluding hydrogens is 364 g/mol. The number of rotatable bonds is 8. The molecule has 3 aromatic rings. The van der Waals surface area contributed by atoms with E-state index < -0.39 is 0 Å². The van der Waals surface area contributed by atoms with Crippen LogP contribution in [0.15, 0.2) is 59.4 Å². The number of hydrogen-bond acceptors (Lipinski definition) is 4. The summed E-state index contributed by atoms with van der Waals surface area (Å²) in [5.41, 5.74) is 2.83. The minimum Gasteiger partial charge on any atom is -0.507 e. The summed E-state index contributed by atoms with van der Waals surface area (Å²) < 4.78 is 1.67. The van der Waals surface area contributed by atoms with Gasteiger partial charge in [0, 0.05) is 25.1 Å².